The Kier molecular flexibility index (Phi) is 5.64. The van der Waals surface area contributed by atoms with E-state index in [-0.39, 0.29) is 36.3 Å². The molecule has 140 valence electrons. The van der Waals surface area contributed by atoms with Gasteiger partial charge in [0.1, 0.15) is 10.7 Å². The Morgan fingerprint density at radius 2 is 1.78 bits per heavy atom. The van der Waals surface area contributed by atoms with Crippen LogP contribution in [0.4, 0.5) is 10.9 Å². The molecular weight excluding hydrogens is 453 g/mol. The van der Waals surface area contributed by atoms with E-state index in [0.717, 1.165) is 11.3 Å². The van der Waals surface area contributed by atoms with E-state index in [1.807, 2.05) is 0 Å². The maximum Gasteiger partial charge on any atom is 0.263 e. The summed E-state index contributed by atoms with van der Waals surface area (Å²) in [5.74, 6) is -0.598. The highest BCUT2D eigenvalue weighted by Gasteiger charge is 2.23. The molecule has 0 unspecified atom stereocenters. The van der Waals surface area contributed by atoms with Crippen LogP contribution in [0.1, 0.15) is 15.2 Å². The van der Waals surface area contributed by atoms with Gasteiger partial charge in [0, 0.05) is 15.6 Å². The van der Waals surface area contributed by atoms with Crippen LogP contribution in [0.3, 0.4) is 0 Å². The molecule has 27 heavy (non-hydrogen) atoms. The van der Waals surface area contributed by atoms with Gasteiger partial charge in [0.15, 0.2) is 5.13 Å². The SMILES string of the molecule is Nc1nc(NS(=O)(=O)c2cccc(Cl)c2)sc1C(=O)c1ccc(Cl)cc1Cl. The number of nitrogens with one attached hydrogen (secondary N) is 1. The maximum atomic E-state index is 12.7. The summed E-state index contributed by atoms with van der Waals surface area (Å²) in [5, 5.41) is 0.746. The largest absolute Gasteiger partial charge is 0.382 e. The number of sulfonamides is 1. The van der Waals surface area contributed by atoms with Gasteiger partial charge >= 0.3 is 0 Å². The second kappa shape index (κ2) is 7.65. The van der Waals surface area contributed by atoms with Crippen molar-refractivity contribution < 1.29 is 13.2 Å². The minimum absolute atomic E-state index is 0.0441. The average Bonchev–Trinajstić information content (AvgIpc) is 2.94. The van der Waals surface area contributed by atoms with Crippen LogP contribution in [0, 0.1) is 0 Å². The highest BCUT2D eigenvalue weighted by Crippen LogP contribution is 2.32. The first-order chi connectivity index (χ1) is 12.7. The Balaban J connectivity index is 1.91. The molecule has 0 amide bonds. The van der Waals surface area contributed by atoms with Gasteiger partial charge in [-0.2, -0.15) is 0 Å². The number of anilines is 2. The molecule has 0 aliphatic heterocycles. The van der Waals surface area contributed by atoms with Crippen molar-refractivity contribution in [2.24, 2.45) is 0 Å². The Labute approximate surface area is 173 Å². The second-order valence-electron chi connectivity index (χ2n) is 5.25. The third kappa shape index (κ3) is 4.36. The fourth-order valence-electron chi connectivity index (χ4n) is 2.14. The van der Waals surface area contributed by atoms with Crippen molar-refractivity contribution in [3.8, 4) is 0 Å². The van der Waals surface area contributed by atoms with E-state index < -0.39 is 15.8 Å². The highest BCUT2D eigenvalue weighted by atomic mass is 35.5. The number of halogens is 3. The van der Waals surface area contributed by atoms with Gasteiger partial charge in [-0.25, -0.2) is 13.4 Å². The number of thiazole rings is 1. The van der Waals surface area contributed by atoms with E-state index >= 15 is 0 Å². The molecular formula is C16H10Cl3N3O3S2. The molecule has 11 heteroatoms. The maximum absolute atomic E-state index is 12.7. The zero-order valence-corrected chi connectivity index (χ0v) is 17.1. The van der Waals surface area contributed by atoms with Crippen molar-refractivity contribution >= 4 is 72.9 Å². The van der Waals surface area contributed by atoms with Crippen LogP contribution < -0.4 is 10.5 Å². The van der Waals surface area contributed by atoms with E-state index in [1.54, 1.807) is 6.07 Å². The summed E-state index contributed by atoms with van der Waals surface area (Å²) in [6.07, 6.45) is 0. The first-order valence-corrected chi connectivity index (χ1v) is 10.6. The molecule has 0 atom stereocenters. The molecule has 3 rings (SSSR count). The lowest BCUT2D eigenvalue weighted by molar-refractivity contribution is 0.104. The van der Waals surface area contributed by atoms with Gasteiger partial charge in [-0.1, -0.05) is 52.2 Å². The van der Waals surface area contributed by atoms with Gasteiger partial charge in [-0.3, -0.25) is 9.52 Å². The Bertz CT molecular complexity index is 1150. The number of benzene rings is 2. The number of carbonyl (C=O) groups excluding carboxylic acids is 1. The van der Waals surface area contributed by atoms with Crippen LogP contribution in [-0.2, 0) is 10.0 Å². The molecule has 0 aliphatic rings. The predicted molar refractivity (Wildman–Crippen MR) is 109 cm³/mol. The summed E-state index contributed by atoms with van der Waals surface area (Å²) in [7, 11) is -3.94. The third-order valence-electron chi connectivity index (χ3n) is 3.36. The van der Waals surface area contributed by atoms with Crippen molar-refractivity contribution in [3.63, 3.8) is 0 Å². The minimum Gasteiger partial charge on any atom is -0.382 e. The molecule has 0 aliphatic carbocycles. The van der Waals surface area contributed by atoms with Gasteiger partial charge in [-0.15, -0.1) is 0 Å². The molecule has 0 spiro atoms. The lowest BCUT2D eigenvalue weighted by atomic mass is 10.1. The number of carbonyl (C=O) groups is 1. The number of hydrogen-bond acceptors (Lipinski definition) is 6. The van der Waals surface area contributed by atoms with Crippen molar-refractivity contribution in [2.45, 2.75) is 4.90 Å². The van der Waals surface area contributed by atoms with Crippen molar-refractivity contribution in [2.75, 3.05) is 10.5 Å². The van der Waals surface area contributed by atoms with E-state index in [1.165, 1.54) is 36.4 Å². The van der Waals surface area contributed by atoms with Crippen LogP contribution >= 0.6 is 46.1 Å². The van der Waals surface area contributed by atoms with Gasteiger partial charge in [0.05, 0.1) is 9.92 Å². The monoisotopic (exact) mass is 461 g/mol. The van der Waals surface area contributed by atoms with Gasteiger partial charge in [0.25, 0.3) is 10.0 Å². The fourth-order valence-corrected chi connectivity index (χ4v) is 5.01. The van der Waals surface area contributed by atoms with Gasteiger partial charge in [0.2, 0.25) is 5.78 Å². The second-order valence-corrected chi connectivity index (χ2v) is 9.21. The van der Waals surface area contributed by atoms with Crippen molar-refractivity contribution in [1.82, 2.24) is 4.98 Å². The van der Waals surface area contributed by atoms with E-state index in [2.05, 4.69) is 9.71 Å². The molecule has 0 saturated heterocycles. The van der Waals surface area contributed by atoms with E-state index in [9.17, 15) is 13.2 Å². The van der Waals surface area contributed by atoms with Crippen LogP contribution in [-0.4, -0.2) is 19.2 Å². The first-order valence-electron chi connectivity index (χ1n) is 7.22. The standard InChI is InChI=1S/C16H10Cl3N3O3S2/c17-8-2-1-3-10(6-8)27(24,25)22-16-21-15(20)14(26-16)13(23)11-5-4-9(18)7-12(11)19/h1-7H,20H2,(H,21,22). The molecule has 0 saturated carbocycles. The number of hydrogen-bond donors (Lipinski definition) is 2. The molecule has 1 aromatic heterocycles. The van der Waals surface area contributed by atoms with Crippen molar-refractivity contribution in [3.05, 3.63) is 68.0 Å². The fraction of sp³-hybridized carbons (Fsp3) is 0. The average molecular weight is 463 g/mol. The van der Waals surface area contributed by atoms with E-state index in [0.29, 0.717) is 5.02 Å². The van der Waals surface area contributed by atoms with Gasteiger partial charge in [-0.05, 0) is 36.4 Å². The zero-order chi connectivity index (χ0) is 19.8. The quantitative estimate of drug-likeness (QED) is 0.534. The topological polar surface area (TPSA) is 102 Å². The van der Waals surface area contributed by atoms with Gasteiger partial charge < -0.3 is 5.73 Å². The predicted octanol–water partition coefficient (Wildman–Crippen LogP) is 4.72. The van der Waals surface area contributed by atoms with Crippen LogP contribution in [0.25, 0.3) is 0 Å². The summed E-state index contributed by atoms with van der Waals surface area (Å²) < 4.78 is 27.2. The van der Waals surface area contributed by atoms with Crippen LogP contribution in [0.5, 0.6) is 0 Å². The molecule has 0 radical (unpaired) electrons. The van der Waals surface area contributed by atoms with Crippen LogP contribution in [0.2, 0.25) is 15.1 Å². The summed E-state index contributed by atoms with van der Waals surface area (Å²) in [6.45, 7) is 0. The summed E-state index contributed by atoms with van der Waals surface area (Å²) in [6, 6.07) is 10.1. The van der Waals surface area contributed by atoms with Crippen LogP contribution in [0.15, 0.2) is 47.4 Å². The Morgan fingerprint density at radius 3 is 2.44 bits per heavy atom. The number of ketones is 1. The normalized spacial score (nSPS) is 11.4. The number of nitrogen functional groups attached to an aromatic ring is 1. The van der Waals surface area contributed by atoms with E-state index in [4.69, 9.17) is 40.5 Å². The number of rotatable bonds is 5. The highest BCUT2D eigenvalue weighted by molar-refractivity contribution is 7.93. The molecule has 1 heterocycles. The Morgan fingerprint density at radius 1 is 1.07 bits per heavy atom. The number of aromatic nitrogens is 1. The summed E-state index contributed by atoms with van der Waals surface area (Å²) >= 11 is 18.5. The molecule has 3 aromatic rings. The third-order valence-corrected chi connectivity index (χ3v) is 6.60. The number of nitrogens with zero attached hydrogens (tertiary/aromatic N) is 1. The lowest BCUT2D eigenvalue weighted by Gasteiger charge is -2.05. The lowest BCUT2D eigenvalue weighted by Crippen LogP contribution is -2.12. The minimum atomic E-state index is -3.94. The first kappa shape index (κ1) is 19.9. The van der Waals surface area contributed by atoms with Crippen molar-refractivity contribution in [1.29, 1.82) is 0 Å². The molecule has 6 nitrogen and oxygen atoms in total. The molecule has 0 fully saturated rings. The summed E-state index contributed by atoms with van der Waals surface area (Å²) in [5.41, 5.74) is 5.98. The molecule has 3 N–H and O–H groups in total. The number of nitrogens with two attached hydrogens (primary N) is 1. The molecule has 2 aromatic carbocycles. The summed E-state index contributed by atoms with van der Waals surface area (Å²) in [4.78, 5) is 16.6. The Hall–Kier alpha value is -1.84. The smallest absolute Gasteiger partial charge is 0.263 e. The molecule has 0 bridgehead atoms. The zero-order valence-electron chi connectivity index (χ0n) is 13.2.